The molecule has 0 aliphatic carbocycles. The van der Waals surface area contributed by atoms with Gasteiger partial charge in [-0.15, -0.1) is 0 Å². The summed E-state index contributed by atoms with van der Waals surface area (Å²) in [5, 5.41) is 9.92. The van der Waals surface area contributed by atoms with E-state index < -0.39 is 11.7 Å². The highest BCUT2D eigenvalue weighted by atomic mass is 32.1. The molecule has 5 nitrogen and oxygen atoms in total. The van der Waals surface area contributed by atoms with Crippen LogP contribution < -0.4 is 4.90 Å². The Kier molecular flexibility index (Phi) is 7.84. The molecule has 1 aliphatic rings. The van der Waals surface area contributed by atoms with E-state index in [4.69, 9.17) is 0 Å². The molecule has 1 amide bonds. The van der Waals surface area contributed by atoms with Crippen LogP contribution in [0.25, 0.3) is 10.2 Å². The molecule has 4 rings (SSSR count). The molecule has 2 aromatic carbocycles. The average Bonchev–Trinajstić information content (AvgIpc) is 3.27. The number of piperidine rings is 1. The zero-order chi connectivity index (χ0) is 25.9. The molecule has 1 saturated heterocycles. The van der Waals surface area contributed by atoms with Gasteiger partial charge in [0.25, 0.3) is 0 Å². The fraction of sp³-hybridized carbons (Fsp3) is 0.444. The smallest absolute Gasteiger partial charge is 0.348 e. The van der Waals surface area contributed by atoms with Crippen LogP contribution in [0.4, 0.5) is 18.3 Å². The van der Waals surface area contributed by atoms with Crippen molar-refractivity contribution < 1.29 is 18.0 Å². The highest BCUT2D eigenvalue weighted by Gasteiger charge is 2.31. The number of fused-ring (bicyclic) bond motifs is 1. The molecule has 0 spiro atoms. The van der Waals surface area contributed by atoms with Gasteiger partial charge in [-0.3, -0.25) is 4.79 Å². The molecule has 1 fully saturated rings. The number of nitrogens with zero attached hydrogens (tertiary/aromatic N) is 4. The number of alkyl halides is 3. The van der Waals surface area contributed by atoms with Gasteiger partial charge in [0.15, 0.2) is 5.13 Å². The van der Waals surface area contributed by atoms with Gasteiger partial charge in [-0.2, -0.15) is 18.4 Å². The number of thiazole rings is 1. The molecule has 3 aromatic rings. The summed E-state index contributed by atoms with van der Waals surface area (Å²) in [6.07, 6.45) is -0.810. The minimum Gasteiger partial charge on any atom is -0.348 e. The number of anilines is 1. The minimum atomic E-state index is -4.39. The summed E-state index contributed by atoms with van der Waals surface area (Å²) in [6.45, 7) is 6.47. The summed E-state index contributed by atoms with van der Waals surface area (Å²) in [4.78, 5) is 20.4. The van der Waals surface area contributed by atoms with E-state index in [-0.39, 0.29) is 5.91 Å². The third kappa shape index (κ3) is 6.16. The zero-order valence-electron chi connectivity index (χ0n) is 20.4. The predicted octanol–water partition coefficient (Wildman–Crippen LogP) is 6.19. The van der Waals surface area contributed by atoms with Gasteiger partial charge in [-0.25, -0.2) is 4.98 Å². The van der Waals surface area contributed by atoms with Gasteiger partial charge in [0, 0.05) is 33.1 Å². The first-order chi connectivity index (χ1) is 17.1. The molecule has 0 saturated carbocycles. The number of carbonyl (C=O) groups excluding carboxylic acids is 1. The number of amides is 1. The van der Waals surface area contributed by atoms with Crippen molar-refractivity contribution in [2.24, 2.45) is 5.92 Å². The third-order valence-electron chi connectivity index (χ3n) is 6.92. The average molecular weight is 515 g/mol. The second kappa shape index (κ2) is 10.9. The van der Waals surface area contributed by atoms with E-state index in [9.17, 15) is 23.2 Å². The fourth-order valence-electron chi connectivity index (χ4n) is 4.67. The number of carbonyl (C=O) groups is 1. The molecule has 36 heavy (non-hydrogen) atoms. The van der Waals surface area contributed by atoms with Crippen molar-refractivity contribution in [2.45, 2.75) is 45.7 Å². The van der Waals surface area contributed by atoms with E-state index in [0.29, 0.717) is 28.2 Å². The first-order valence-electron chi connectivity index (χ1n) is 12.1. The van der Waals surface area contributed by atoms with Gasteiger partial charge < -0.3 is 9.80 Å². The van der Waals surface area contributed by atoms with Crippen molar-refractivity contribution in [3.63, 3.8) is 0 Å². The molecule has 2 heterocycles. The Labute approximate surface area is 213 Å². The maximum Gasteiger partial charge on any atom is 0.416 e. The second-order valence-electron chi connectivity index (χ2n) is 9.41. The highest BCUT2D eigenvalue weighted by Crippen LogP contribution is 2.36. The molecule has 190 valence electrons. The largest absolute Gasteiger partial charge is 0.416 e. The van der Waals surface area contributed by atoms with E-state index in [1.54, 1.807) is 6.92 Å². The van der Waals surface area contributed by atoms with Crippen LogP contribution in [-0.4, -0.2) is 42.0 Å². The molecule has 1 aromatic heterocycles. The van der Waals surface area contributed by atoms with Crippen molar-refractivity contribution in [1.29, 1.82) is 5.26 Å². The molecule has 0 atom stereocenters. The lowest BCUT2D eigenvalue weighted by Crippen LogP contribution is -2.38. The van der Waals surface area contributed by atoms with Crippen molar-refractivity contribution in [3.05, 3.63) is 58.7 Å². The van der Waals surface area contributed by atoms with Crippen LogP contribution in [0, 0.1) is 24.2 Å². The van der Waals surface area contributed by atoms with Crippen molar-refractivity contribution in [3.8, 4) is 6.07 Å². The topological polar surface area (TPSA) is 60.2 Å². The van der Waals surface area contributed by atoms with Gasteiger partial charge in [0.2, 0.25) is 5.91 Å². The van der Waals surface area contributed by atoms with Gasteiger partial charge in [0.05, 0.1) is 27.4 Å². The van der Waals surface area contributed by atoms with E-state index in [2.05, 4.69) is 16.0 Å². The van der Waals surface area contributed by atoms with Crippen LogP contribution >= 0.6 is 11.3 Å². The van der Waals surface area contributed by atoms with Crippen molar-refractivity contribution in [2.75, 3.05) is 31.1 Å². The summed E-state index contributed by atoms with van der Waals surface area (Å²) in [6, 6.07) is 11.7. The predicted molar refractivity (Wildman–Crippen MR) is 136 cm³/mol. The minimum absolute atomic E-state index is 0.112. The first kappa shape index (κ1) is 26.0. The van der Waals surface area contributed by atoms with E-state index >= 15 is 0 Å². The Bertz CT molecular complexity index is 1270. The van der Waals surface area contributed by atoms with Crippen molar-refractivity contribution >= 4 is 32.6 Å². The number of hydrogen-bond acceptors (Lipinski definition) is 5. The van der Waals surface area contributed by atoms with E-state index in [1.165, 1.54) is 23.5 Å². The van der Waals surface area contributed by atoms with Gasteiger partial charge in [0.1, 0.15) is 0 Å². The molecule has 1 aliphatic heterocycles. The van der Waals surface area contributed by atoms with Gasteiger partial charge >= 0.3 is 6.18 Å². The Morgan fingerprint density at radius 2 is 1.94 bits per heavy atom. The lowest BCUT2D eigenvalue weighted by atomic mass is 9.93. The number of halogens is 3. The summed E-state index contributed by atoms with van der Waals surface area (Å²) in [5.41, 5.74) is 2.59. The first-order valence-corrected chi connectivity index (χ1v) is 12.9. The highest BCUT2D eigenvalue weighted by molar-refractivity contribution is 7.22. The molecule has 0 N–H and O–H groups in total. The SMILES string of the molecule is CC(=O)N1CCC(CCN(CCc2ccc(C#N)c(C)c2)c2nc3ccc(C(F)(F)F)cc3s2)CC1. The Morgan fingerprint density at radius 3 is 2.58 bits per heavy atom. The number of aromatic nitrogens is 1. The van der Waals surface area contributed by atoms with Crippen LogP contribution in [0.2, 0.25) is 0 Å². The van der Waals surface area contributed by atoms with E-state index in [1.807, 2.05) is 30.0 Å². The van der Waals surface area contributed by atoms with Crippen LogP contribution in [0.5, 0.6) is 0 Å². The Hall–Kier alpha value is -3.12. The zero-order valence-corrected chi connectivity index (χ0v) is 21.3. The van der Waals surface area contributed by atoms with Gasteiger partial charge in [-0.05, 0) is 73.9 Å². The quantitative estimate of drug-likeness (QED) is 0.377. The summed E-state index contributed by atoms with van der Waals surface area (Å²) >= 11 is 1.29. The molecule has 0 radical (unpaired) electrons. The standard InChI is InChI=1S/C27H29F3N4OS/c1-18-15-21(3-4-22(18)17-31)10-14-34(13-9-20-7-11-33(12-8-20)19(2)35)26-32-24-6-5-23(27(28,29)30)16-25(24)36-26/h3-6,15-16,20H,7-14H2,1-2H3. The summed E-state index contributed by atoms with van der Waals surface area (Å²) < 4.78 is 40.2. The number of hydrogen-bond donors (Lipinski definition) is 0. The lowest BCUT2D eigenvalue weighted by molar-refractivity contribution is -0.137. The number of nitriles is 1. The summed E-state index contributed by atoms with van der Waals surface area (Å²) in [5.74, 6) is 0.604. The maximum absolute atomic E-state index is 13.2. The Morgan fingerprint density at radius 1 is 1.19 bits per heavy atom. The molecule has 9 heteroatoms. The maximum atomic E-state index is 13.2. The molecule has 0 unspecified atom stereocenters. The van der Waals surface area contributed by atoms with Crippen LogP contribution in [-0.2, 0) is 17.4 Å². The normalized spacial score (nSPS) is 14.7. The van der Waals surface area contributed by atoms with E-state index in [0.717, 1.165) is 67.6 Å². The number of rotatable bonds is 7. The Balaban J connectivity index is 1.51. The molecule has 0 bridgehead atoms. The second-order valence-corrected chi connectivity index (χ2v) is 10.4. The molecular weight excluding hydrogens is 485 g/mol. The fourth-order valence-corrected chi connectivity index (χ4v) is 5.73. The van der Waals surface area contributed by atoms with Crippen LogP contribution in [0.3, 0.4) is 0 Å². The number of aryl methyl sites for hydroxylation is 1. The monoisotopic (exact) mass is 514 g/mol. The van der Waals surface area contributed by atoms with Gasteiger partial charge in [-0.1, -0.05) is 23.5 Å². The lowest BCUT2D eigenvalue weighted by Gasteiger charge is -2.32. The third-order valence-corrected chi connectivity index (χ3v) is 8.00. The van der Waals surface area contributed by atoms with Crippen LogP contribution in [0.15, 0.2) is 36.4 Å². The number of benzene rings is 2. The number of likely N-dealkylation sites (tertiary alicyclic amines) is 1. The summed E-state index contributed by atoms with van der Waals surface area (Å²) in [7, 11) is 0. The van der Waals surface area contributed by atoms with Crippen LogP contribution in [0.1, 0.15) is 48.4 Å². The molecular formula is C27H29F3N4OS. The van der Waals surface area contributed by atoms with Crippen molar-refractivity contribution in [1.82, 2.24) is 9.88 Å².